The Bertz CT molecular complexity index is 1170. The number of benzene rings is 3. The fourth-order valence-corrected chi connectivity index (χ4v) is 4.56. The highest BCUT2D eigenvalue weighted by Gasteiger charge is 2.33. The number of fused-ring (bicyclic) bond motifs is 1. The van der Waals surface area contributed by atoms with Gasteiger partial charge in [-0.25, -0.2) is 0 Å². The zero-order valence-corrected chi connectivity index (χ0v) is 20.4. The predicted molar refractivity (Wildman–Crippen MR) is 131 cm³/mol. The van der Waals surface area contributed by atoms with Gasteiger partial charge in [-0.05, 0) is 85.0 Å². The monoisotopic (exact) mass is 461 g/mol. The van der Waals surface area contributed by atoms with Crippen molar-refractivity contribution in [2.45, 2.75) is 26.3 Å². The Morgan fingerprint density at radius 1 is 0.882 bits per heavy atom. The molecule has 0 aromatic heterocycles. The lowest BCUT2D eigenvalue weighted by atomic mass is 9.91. The molecule has 0 aliphatic carbocycles. The summed E-state index contributed by atoms with van der Waals surface area (Å²) in [5, 5.41) is 0. The largest absolute Gasteiger partial charge is 0.497 e. The van der Waals surface area contributed by atoms with Crippen LogP contribution in [-0.2, 0) is 6.42 Å². The van der Waals surface area contributed by atoms with Crippen LogP contribution in [0.5, 0.6) is 23.0 Å². The van der Waals surface area contributed by atoms with E-state index in [1.54, 1.807) is 27.4 Å². The molecule has 1 amide bonds. The third kappa shape index (κ3) is 4.81. The molecule has 0 N–H and O–H groups in total. The van der Waals surface area contributed by atoms with Crippen molar-refractivity contribution in [3.05, 3.63) is 82.4 Å². The quantitative estimate of drug-likeness (QED) is 0.487. The van der Waals surface area contributed by atoms with Crippen LogP contribution in [0.4, 0.5) is 0 Å². The van der Waals surface area contributed by atoms with E-state index in [0.29, 0.717) is 42.4 Å². The van der Waals surface area contributed by atoms with Crippen LogP contribution >= 0.6 is 0 Å². The molecule has 1 heterocycles. The Balaban J connectivity index is 1.72. The normalized spacial score (nSPS) is 14.9. The third-order valence-corrected chi connectivity index (χ3v) is 6.18. The number of hydrogen-bond acceptors (Lipinski definition) is 5. The zero-order valence-electron chi connectivity index (χ0n) is 20.4. The molecule has 6 nitrogen and oxygen atoms in total. The molecule has 0 radical (unpaired) electrons. The van der Waals surface area contributed by atoms with Crippen molar-refractivity contribution in [3.8, 4) is 23.0 Å². The molecule has 0 fully saturated rings. The van der Waals surface area contributed by atoms with Crippen molar-refractivity contribution in [1.29, 1.82) is 0 Å². The van der Waals surface area contributed by atoms with Gasteiger partial charge in [-0.15, -0.1) is 0 Å². The second-order valence-corrected chi connectivity index (χ2v) is 8.54. The average Bonchev–Trinajstić information content (AvgIpc) is 2.85. The minimum absolute atomic E-state index is 0.0617. The van der Waals surface area contributed by atoms with Gasteiger partial charge in [0.05, 0.1) is 27.4 Å². The van der Waals surface area contributed by atoms with Crippen LogP contribution in [0.25, 0.3) is 0 Å². The Kier molecular flexibility index (Phi) is 6.96. The molecule has 178 valence electrons. The summed E-state index contributed by atoms with van der Waals surface area (Å²) in [4.78, 5) is 15.5. The highest BCUT2D eigenvalue weighted by atomic mass is 16.5. The first-order valence-electron chi connectivity index (χ1n) is 11.3. The number of carbonyl (C=O) groups excluding carboxylic acids is 1. The average molecular weight is 462 g/mol. The van der Waals surface area contributed by atoms with Crippen LogP contribution in [0, 0.1) is 13.8 Å². The number of nitrogens with zero attached hydrogens (tertiary/aromatic N) is 1. The summed E-state index contributed by atoms with van der Waals surface area (Å²) in [6.45, 7) is 4.98. The molecule has 3 aromatic carbocycles. The molecule has 0 saturated carbocycles. The lowest BCUT2D eigenvalue weighted by molar-refractivity contribution is 0.0589. The first kappa shape index (κ1) is 23.5. The lowest BCUT2D eigenvalue weighted by Gasteiger charge is -2.37. The van der Waals surface area contributed by atoms with E-state index in [1.165, 1.54) is 0 Å². The van der Waals surface area contributed by atoms with E-state index in [1.807, 2.05) is 61.2 Å². The zero-order chi connectivity index (χ0) is 24.2. The fraction of sp³-hybridized carbons (Fsp3) is 0.321. The van der Waals surface area contributed by atoms with Crippen LogP contribution in [0.3, 0.4) is 0 Å². The summed E-state index contributed by atoms with van der Waals surface area (Å²) in [6, 6.07) is 17.1. The van der Waals surface area contributed by atoms with Crippen molar-refractivity contribution < 1.29 is 23.7 Å². The second kappa shape index (κ2) is 10.1. The Hall–Kier alpha value is -3.67. The smallest absolute Gasteiger partial charge is 0.254 e. The number of methoxy groups -OCH3 is 3. The Morgan fingerprint density at radius 2 is 1.59 bits per heavy atom. The van der Waals surface area contributed by atoms with Crippen molar-refractivity contribution >= 4 is 5.91 Å². The summed E-state index contributed by atoms with van der Waals surface area (Å²) in [7, 11) is 4.85. The van der Waals surface area contributed by atoms with Gasteiger partial charge >= 0.3 is 0 Å². The van der Waals surface area contributed by atoms with Crippen LogP contribution < -0.4 is 18.9 Å². The molecule has 6 heteroatoms. The van der Waals surface area contributed by atoms with E-state index in [9.17, 15) is 4.79 Å². The summed E-state index contributed by atoms with van der Waals surface area (Å²) >= 11 is 0. The number of rotatable bonds is 7. The number of ether oxygens (including phenoxy) is 4. The van der Waals surface area contributed by atoms with Crippen molar-refractivity contribution in [1.82, 2.24) is 4.90 Å². The number of hydrogen-bond donors (Lipinski definition) is 0. The molecule has 3 aromatic rings. The van der Waals surface area contributed by atoms with Crippen molar-refractivity contribution in [2.24, 2.45) is 0 Å². The predicted octanol–water partition coefficient (Wildman–Crippen LogP) is 5.15. The van der Waals surface area contributed by atoms with Crippen LogP contribution in [0.15, 0.2) is 54.6 Å². The number of aryl methyl sites for hydroxylation is 2. The molecule has 0 spiro atoms. The summed E-state index contributed by atoms with van der Waals surface area (Å²) < 4.78 is 22.7. The van der Waals surface area contributed by atoms with Gasteiger partial charge in [0.2, 0.25) is 0 Å². The van der Waals surface area contributed by atoms with E-state index in [4.69, 9.17) is 18.9 Å². The fourth-order valence-electron chi connectivity index (χ4n) is 4.56. The molecule has 34 heavy (non-hydrogen) atoms. The standard InChI is InChI=1S/C28H31NO5/c1-18-11-19(2)13-23(12-18)34-17-25-24-16-27(33-5)26(32-4)15-20(24)9-10-29(25)28(30)21-7-6-8-22(14-21)31-3/h6-8,11-16,25H,9-10,17H2,1-5H3/t25-/m0/s1. The molecule has 1 aliphatic rings. The van der Waals surface area contributed by atoms with Gasteiger partial charge in [0.15, 0.2) is 11.5 Å². The molecule has 1 atom stereocenters. The first-order chi connectivity index (χ1) is 16.4. The first-order valence-corrected chi connectivity index (χ1v) is 11.3. The van der Waals surface area contributed by atoms with Gasteiger partial charge in [0.1, 0.15) is 18.1 Å². The minimum atomic E-state index is -0.289. The Labute approximate surface area is 201 Å². The summed E-state index contributed by atoms with van der Waals surface area (Å²) in [5.41, 5.74) is 4.98. The second-order valence-electron chi connectivity index (χ2n) is 8.54. The van der Waals surface area contributed by atoms with Gasteiger partial charge in [-0.1, -0.05) is 12.1 Å². The highest BCUT2D eigenvalue weighted by Crippen LogP contribution is 2.39. The molecule has 0 unspecified atom stereocenters. The minimum Gasteiger partial charge on any atom is -0.497 e. The Morgan fingerprint density at radius 3 is 2.26 bits per heavy atom. The van der Waals surface area contributed by atoms with Crippen LogP contribution in [0.1, 0.15) is 38.7 Å². The maximum Gasteiger partial charge on any atom is 0.254 e. The van der Waals surface area contributed by atoms with E-state index < -0.39 is 0 Å². The maximum atomic E-state index is 13.6. The van der Waals surface area contributed by atoms with Crippen LogP contribution in [-0.4, -0.2) is 45.3 Å². The molecule has 0 bridgehead atoms. The molecule has 1 aliphatic heterocycles. The molecule has 4 rings (SSSR count). The van der Waals surface area contributed by atoms with Crippen molar-refractivity contribution in [2.75, 3.05) is 34.5 Å². The van der Waals surface area contributed by atoms with Gasteiger partial charge in [-0.3, -0.25) is 4.79 Å². The number of amides is 1. The van der Waals surface area contributed by atoms with E-state index >= 15 is 0 Å². The van der Waals surface area contributed by atoms with Gasteiger partial charge in [0.25, 0.3) is 5.91 Å². The van der Waals surface area contributed by atoms with E-state index in [-0.39, 0.29) is 11.9 Å². The molecular weight excluding hydrogens is 430 g/mol. The topological polar surface area (TPSA) is 57.2 Å². The van der Waals surface area contributed by atoms with Crippen molar-refractivity contribution in [3.63, 3.8) is 0 Å². The SMILES string of the molecule is COc1cccc(C(=O)N2CCc3cc(OC)c(OC)cc3[C@@H]2COc2cc(C)cc(C)c2)c1. The van der Waals surface area contributed by atoms with E-state index in [2.05, 4.69) is 6.07 Å². The number of carbonyl (C=O) groups is 1. The molecule has 0 saturated heterocycles. The van der Waals surface area contributed by atoms with Gasteiger partial charge in [0, 0.05) is 12.1 Å². The van der Waals surface area contributed by atoms with Gasteiger partial charge < -0.3 is 23.8 Å². The van der Waals surface area contributed by atoms with E-state index in [0.717, 1.165) is 28.0 Å². The highest BCUT2D eigenvalue weighted by molar-refractivity contribution is 5.95. The molecular formula is C28H31NO5. The lowest BCUT2D eigenvalue weighted by Crippen LogP contribution is -2.42. The van der Waals surface area contributed by atoms with Crippen LogP contribution in [0.2, 0.25) is 0 Å². The van der Waals surface area contributed by atoms with Gasteiger partial charge in [-0.2, -0.15) is 0 Å². The third-order valence-electron chi connectivity index (χ3n) is 6.18. The maximum absolute atomic E-state index is 13.6. The summed E-state index contributed by atoms with van der Waals surface area (Å²) in [5.74, 6) is 2.70. The summed E-state index contributed by atoms with van der Waals surface area (Å²) in [6.07, 6.45) is 0.714.